The van der Waals surface area contributed by atoms with Crippen molar-refractivity contribution in [2.75, 3.05) is 6.54 Å². The molecule has 144 valence electrons. The van der Waals surface area contributed by atoms with E-state index in [4.69, 9.17) is 4.74 Å². The van der Waals surface area contributed by atoms with E-state index >= 15 is 0 Å². The van der Waals surface area contributed by atoms with E-state index in [1.807, 2.05) is 24.3 Å². The average molecular weight is 456 g/mol. The second-order valence-corrected chi connectivity index (χ2v) is 9.12. The summed E-state index contributed by atoms with van der Waals surface area (Å²) in [7, 11) is -3.90. The highest BCUT2D eigenvalue weighted by molar-refractivity contribution is 9.10. The third-order valence-corrected chi connectivity index (χ3v) is 6.89. The SMILES string of the molecule is O=C(OCc1ccc(Br)cc1)[C@H]1CCCCN1S(=O)(=O)c1ccc(F)cc1. The van der Waals surface area contributed by atoms with Gasteiger partial charge in [0.2, 0.25) is 10.0 Å². The first kappa shape index (κ1) is 20.0. The zero-order valence-electron chi connectivity index (χ0n) is 14.5. The predicted molar refractivity (Wildman–Crippen MR) is 102 cm³/mol. The molecule has 1 aliphatic heterocycles. The number of carbonyl (C=O) groups is 1. The fourth-order valence-electron chi connectivity index (χ4n) is 3.00. The van der Waals surface area contributed by atoms with E-state index in [0.29, 0.717) is 12.8 Å². The molecule has 0 unspecified atom stereocenters. The number of ether oxygens (including phenoxy) is 1. The van der Waals surface area contributed by atoms with Crippen LogP contribution in [-0.4, -0.2) is 31.3 Å². The van der Waals surface area contributed by atoms with E-state index in [2.05, 4.69) is 15.9 Å². The van der Waals surface area contributed by atoms with Crippen molar-refractivity contribution in [3.63, 3.8) is 0 Å². The number of nitrogens with zero attached hydrogens (tertiary/aromatic N) is 1. The molecule has 0 radical (unpaired) electrons. The molecule has 5 nitrogen and oxygen atoms in total. The number of carbonyl (C=O) groups excluding carboxylic acids is 1. The number of hydrogen-bond acceptors (Lipinski definition) is 4. The maximum absolute atomic E-state index is 13.1. The molecule has 27 heavy (non-hydrogen) atoms. The third-order valence-electron chi connectivity index (χ3n) is 4.44. The summed E-state index contributed by atoms with van der Waals surface area (Å²) in [6, 6.07) is 11.1. The van der Waals surface area contributed by atoms with Crippen LogP contribution in [0.2, 0.25) is 0 Å². The smallest absolute Gasteiger partial charge is 0.324 e. The summed E-state index contributed by atoms with van der Waals surface area (Å²) < 4.78 is 46.4. The fraction of sp³-hybridized carbons (Fsp3) is 0.316. The van der Waals surface area contributed by atoms with Gasteiger partial charge in [-0.1, -0.05) is 28.1 Å². The molecule has 0 saturated carbocycles. The second-order valence-electron chi connectivity index (χ2n) is 6.32. The van der Waals surface area contributed by atoms with Gasteiger partial charge in [0, 0.05) is 11.0 Å². The highest BCUT2D eigenvalue weighted by atomic mass is 79.9. The van der Waals surface area contributed by atoms with E-state index in [1.165, 1.54) is 16.4 Å². The molecule has 2 aromatic carbocycles. The lowest BCUT2D eigenvalue weighted by Crippen LogP contribution is -2.48. The quantitative estimate of drug-likeness (QED) is 0.641. The first-order valence-electron chi connectivity index (χ1n) is 8.56. The molecular weight excluding hydrogens is 437 g/mol. The fourth-order valence-corrected chi connectivity index (χ4v) is 4.91. The molecule has 0 N–H and O–H groups in total. The van der Waals surface area contributed by atoms with Gasteiger partial charge < -0.3 is 4.74 Å². The van der Waals surface area contributed by atoms with Crippen LogP contribution in [0.1, 0.15) is 24.8 Å². The van der Waals surface area contributed by atoms with Crippen molar-refractivity contribution in [1.82, 2.24) is 4.31 Å². The molecule has 1 fully saturated rings. The molecule has 8 heteroatoms. The highest BCUT2D eigenvalue weighted by Gasteiger charge is 2.38. The molecule has 0 amide bonds. The van der Waals surface area contributed by atoms with Gasteiger partial charge >= 0.3 is 5.97 Å². The lowest BCUT2D eigenvalue weighted by molar-refractivity contribution is -0.150. The zero-order chi connectivity index (χ0) is 19.4. The van der Waals surface area contributed by atoms with Crippen molar-refractivity contribution in [3.8, 4) is 0 Å². The lowest BCUT2D eigenvalue weighted by Gasteiger charge is -2.33. The average Bonchev–Trinajstić information content (AvgIpc) is 2.67. The van der Waals surface area contributed by atoms with Gasteiger partial charge in [-0.2, -0.15) is 4.31 Å². The van der Waals surface area contributed by atoms with Crippen LogP contribution in [0.4, 0.5) is 4.39 Å². The first-order chi connectivity index (χ1) is 12.9. The van der Waals surface area contributed by atoms with Gasteiger partial charge in [0.1, 0.15) is 18.5 Å². The molecule has 0 aliphatic carbocycles. The van der Waals surface area contributed by atoms with E-state index in [1.54, 1.807) is 0 Å². The van der Waals surface area contributed by atoms with Crippen LogP contribution >= 0.6 is 15.9 Å². The van der Waals surface area contributed by atoms with E-state index in [9.17, 15) is 17.6 Å². The van der Waals surface area contributed by atoms with Crippen LogP contribution in [0.3, 0.4) is 0 Å². The van der Waals surface area contributed by atoms with Crippen molar-refractivity contribution in [1.29, 1.82) is 0 Å². The number of esters is 1. The number of halogens is 2. The minimum absolute atomic E-state index is 0.0310. The van der Waals surface area contributed by atoms with Gasteiger partial charge in [0.05, 0.1) is 4.90 Å². The van der Waals surface area contributed by atoms with Crippen molar-refractivity contribution in [2.24, 2.45) is 0 Å². The summed E-state index contributed by atoms with van der Waals surface area (Å²) in [5.74, 6) is -1.08. The third kappa shape index (κ3) is 4.75. The lowest BCUT2D eigenvalue weighted by atomic mass is 10.1. The Morgan fingerprint density at radius 2 is 1.78 bits per heavy atom. The van der Waals surface area contributed by atoms with Gasteiger partial charge in [-0.15, -0.1) is 0 Å². The minimum atomic E-state index is -3.90. The number of hydrogen-bond donors (Lipinski definition) is 0. The van der Waals surface area contributed by atoms with E-state index in [0.717, 1.165) is 28.6 Å². The van der Waals surface area contributed by atoms with Crippen LogP contribution in [-0.2, 0) is 26.2 Å². The molecule has 1 atom stereocenters. The van der Waals surface area contributed by atoms with Crippen molar-refractivity contribution >= 4 is 31.9 Å². The summed E-state index contributed by atoms with van der Waals surface area (Å²) in [5.41, 5.74) is 0.815. The summed E-state index contributed by atoms with van der Waals surface area (Å²) >= 11 is 3.34. The Hall–Kier alpha value is -1.77. The Bertz CT molecular complexity index is 900. The Balaban J connectivity index is 1.75. The largest absolute Gasteiger partial charge is 0.460 e. The summed E-state index contributed by atoms with van der Waals surface area (Å²) in [5, 5.41) is 0. The maximum Gasteiger partial charge on any atom is 0.324 e. The topological polar surface area (TPSA) is 63.7 Å². The summed E-state index contributed by atoms with van der Waals surface area (Å²) in [4.78, 5) is 12.6. The number of sulfonamides is 1. The molecular formula is C19H19BrFNO4S. The molecule has 1 saturated heterocycles. The van der Waals surface area contributed by atoms with Crippen molar-refractivity contribution < 1.29 is 22.3 Å². The van der Waals surface area contributed by atoms with Gasteiger partial charge in [-0.05, 0) is 61.2 Å². The predicted octanol–water partition coefficient (Wildman–Crippen LogP) is 3.87. The Labute approximate surface area is 166 Å². The molecule has 0 spiro atoms. The van der Waals surface area contributed by atoms with E-state index < -0.39 is 27.9 Å². The Morgan fingerprint density at radius 3 is 2.44 bits per heavy atom. The van der Waals surface area contributed by atoms with Gasteiger partial charge in [-0.3, -0.25) is 4.79 Å². The van der Waals surface area contributed by atoms with Crippen LogP contribution in [0.25, 0.3) is 0 Å². The Kier molecular flexibility index (Phi) is 6.29. The molecule has 2 aromatic rings. The normalized spacial score (nSPS) is 18.2. The first-order valence-corrected chi connectivity index (χ1v) is 10.8. The molecule has 0 bridgehead atoms. The van der Waals surface area contributed by atoms with Crippen LogP contribution < -0.4 is 0 Å². The summed E-state index contributed by atoms with van der Waals surface area (Å²) in [6.07, 6.45) is 1.81. The monoisotopic (exact) mass is 455 g/mol. The molecule has 1 aliphatic rings. The van der Waals surface area contributed by atoms with Gasteiger partial charge in [-0.25, -0.2) is 12.8 Å². The second kappa shape index (κ2) is 8.50. The molecule has 1 heterocycles. The van der Waals surface area contributed by atoms with Gasteiger partial charge in [0.25, 0.3) is 0 Å². The zero-order valence-corrected chi connectivity index (χ0v) is 16.9. The van der Waals surface area contributed by atoms with Crippen LogP contribution in [0, 0.1) is 5.82 Å². The highest BCUT2D eigenvalue weighted by Crippen LogP contribution is 2.26. The molecule has 0 aromatic heterocycles. The van der Waals surface area contributed by atoms with Crippen LogP contribution in [0.15, 0.2) is 57.9 Å². The van der Waals surface area contributed by atoms with Crippen molar-refractivity contribution in [3.05, 3.63) is 64.4 Å². The van der Waals surface area contributed by atoms with Gasteiger partial charge in [0.15, 0.2) is 0 Å². The standard InChI is InChI=1S/C19H19BrFNO4S/c20-15-6-4-14(5-7-15)13-26-19(23)18-3-1-2-12-22(18)27(24,25)17-10-8-16(21)9-11-17/h4-11,18H,1-3,12-13H2/t18-/m1/s1. The Morgan fingerprint density at radius 1 is 1.11 bits per heavy atom. The number of benzene rings is 2. The molecule has 3 rings (SSSR count). The maximum atomic E-state index is 13.1. The minimum Gasteiger partial charge on any atom is -0.460 e. The van der Waals surface area contributed by atoms with Crippen LogP contribution in [0.5, 0.6) is 0 Å². The van der Waals surface area contributed by atoms with Crippen molar-refractivity contribution in [2.45, 2.75) is 36.8 Å². The number of rotatable bonds is 5. The summed E-state index contributed by atoms with van der Waals surface area (Å²) in [6.45, 7) is 0.310. The van der Waals surface area contributed by atoms with E-state index in [-0.39, 0.29) is 18.0 Å². The number of piperidine rings is 1.